The van der Waals surface area contributed by atoms with Crippen molar-refractivity contribution in [2.45, 2.75) is 71.3 Å². The Hall–Kier alpha value is -1.26. The van der Waals surface area contributed by atoms with Gasteiger partial charge in [0.1, 0.15) is 0 Å². The van der Waals surface area contributed by atoms with E-state index in [-0.39, 0.29) is 18.0 Å². The standard InChI is InChI=1S/C16H30N2O3/c1-4-16(9-5-10-16)18-15(21)17-11-8-13(12(2)3)6-7-14(19)20/h12-13H,4-11H2,1-3H3,(H,19,20)(H2,17,18,21). The van der Waals surface area contributed by atoms with E-state index in [0.29, 0.717) is 24.8 Å². The van der Waals surface area contributed by atoms with Gasteiger partial charge in [0, 0.05) is 18.5 Å². The number of urea groups is 1. The highest BCUT2D eigenvalue weighted by molar-refractivity contribution is 5.74. The molecule has 1 aliphatic carbocycles. The molecule has 5 heteroatoms. The number of carboxylic acids is 1. The fourth-order valence-corrected chi connectivity index (χ4v) is 2.95. The number of carboxylic acid groups (broad SMARTS) is 1. The second-order valence-corrected chi connectivity index (χ2v) is 6.59. The van der Waals surface area contributed by atoms with Crippen LogP contribution in [0.5, 0.6) is 0 Å². The second-order valence-electron chi connectivity index (χ2n) is 6.59. The van der Waals surface area contributed by atoms with Crippen LogP contribution in [-0.4, -0.2) is 29.2 Å². The third-order valence-electron chi connectivity index (χ3n) is 4.84. The molecule has 0 spiro atoms. The van der Waals surface area contributed by atoms with E-state index in [4.69, 9.17) is 5.11 Å². The molecule has 2 amide bonds. The maximum Gasteiger partial charge on any atom is 0.315 e. The molecule has 0 aliphatic heterocycles. The lowest BCUT2D eigenvalue weighted by atomic mass is 9.75. The second kappa shape index (κ2) is 8.25. The lowest BCUT2D eigenvalue weighted by Crippen LogP contribution is -2.56. The average Bonchev–Trinajstić information content (AvgIpc) is 2.37. The molecule has 5 nitrogen and oxygen atoms in total. The van der Waals surface area contributed by atoms with E-state index >= 15 is 0 Å². The normalized spacial score (nSPS) is 17.9. The number of carbonyl (C=O) groups excluding carboxylic acids is 1. The smallest absolute Gasteiger partial charge is 0.315 e. The summed E-state index contributed by atoms with van der Waals surface area (Å²) in [5.74, 6) is 0.0225. The zero-order chi connectivity index (χ0) is 15.9. The van der Waals surface area contributed by atoms with Crippen molar-refractivity contribution in [3.8, 4) is 0 Å². The van der Waals surface area contributed by atoms with Gasteiger partial charge in [-0.15, -0.1) is 0 Å². The Kier molecular flexibility index (Phi) is 6.99. The minimum absolute atomic E-state index is 0.0187. The lowest BCUT2D eigenvalue weighted by Gasteiger charge is -2.41. The fraction of sp³-hybridized carbons (Fsp3) is 0.875. The average molecular weight is 298 g/mol. The number of rotatable bonds is 9. The van der Waals surface area contributed by atoms with E-state index in [1.54, 1.807) is 0 Å². The molecule has 1 fully saturated rings. The predicted octanol–water partition coefficient (Wildman–Crippen LogP) is 3.15. The van der Waals surface area contributed by atoms with E-state index in [9.17, 15) is 9.59 Å². The van der Waals surface area contributed by atoms with Gasteiger partial charge in [0.15, 0.2) is 0 Å². The summed E-state index contributed by atoms with van der Waals surface area (Å²) < 4.78 is 0. The Balaban J connectivity index is 2.26. The van der Waals surface area contributed by atoms with Gasteiger partial charge < -0.3 is 15.7 Å². The van der Waals surface area contributed by atoms with Crippen molar-refractivity contribution in [3.05, 3.63) is 0 Å². The van der Waals surface area contributed by atoms with Crippen LogP contribution in [0.2, 0.25) is 0 Å². The van der Waals surface area contributed by atoms with Crippen LogP contribution in [0, 0.1) is 11.8 Å². The summed E-state index contributed by atoms with van der Waals surface area (Å²) >= 11 is 0. The molecule has 1 unspecified atom stereocenters. The van der Waals surface area contributed by atoms with Crippen LogP contribution >= 0.6 is 0 Å². The molecule has 3 N–H and O–H groups in total. The van der Waals surface area contributed by atoms with Gasteiger partial charge >= 0.3 is 12.0 Å². The number of amides is 2. The number of carbonyl (C=O) groups is 2. The van der Waals surface area contributed by atoms with Crippen LogP contribution in [-0.2, 0) is 4.79 Å². The van der Waals surface area contributed by atoms with Gasteiger partial charge in [0.25, 0.3) is 0 Å². The predicted molar refractivity (Wildman–Crippen MR) is 83.2 cm³/mol. The summed E-state index contributed by atoms with van der Waals surface area (Å²) in [6, 6.07) is -0.0858. The first-order valence-corrected chi connectivity index (χ1v) is 8.16. The Morgan fingerprint density at radius 2 is 1.90 bits per heavy atom. The van der Waals surface area contributed by atoms with Crippen LogP contribution in [0.4, 0.5) is 4.79 Å². The number of hydrogen-bond donors (Lipinski definition) is 3. The summed E-state index contributed by atoms with van der Waals surface area (Å²) in [6.07, 6.45) is 6.03. The summed E-state index contributed by atoms with van der Waals surface area (Å²) in [6.45, 7) is 6.92. The van der Waals surface area contributed by atoms with Crippen molar-refractivity contribution < 1.29 is 14.7 Å². The monoisotopic (exact) mass is 298 g/mol. The Morgan fingerprint density at radius 1 is 1.24 bits per heavy atom. The highest BCUT2D eigenvalue weighted by atomic mass is 16.4. The quantitative estimate of drug-likeness (QED) is 0.612. The van der Waals surface area contributed by atoms with Crippen LogP contribution in [0.25, 0.3) is 0 Å². The summed E-state index contributed by atoms with van der Waals surface area (Å²) in [5, 5.41) is 14.8. The van der Waals surface area contributed by atoms with Crippen LogP contribution in [0.15, 0.2) is 0 Å². The van der Waals surface area contributed by atoms with E-state index in [1.807, 2.05) is 0 Å². The van der Waals surface area contributed by atoms with E-state index in [1.165, 1.54) is 6.42 Å². The van der Waals surface area contributed by atoms with Crippen LogP contribution in [0.3, 0.4) is 0 Å². The minimum atomic E-state index is -0.749. The first-order valence-electron chi connectivity index (χ1n) is 8.16. The molecule has 0 aromatic rings. The highest BCUT2D eigenvalue weighted by Gasteiger charge is 2.36. The largest absolute Gasteiger partial charge is 0.481 e. The molecule has 0 radical (unpaired) electrons. The Labute approximate surface area is 127 Å². The van der Waals surface area contributed by atoms with Crippen molar-refractivity contribution >= 4 is 12.0 Å². The van der Waals surface area contributed by atoms with Gasteiger partial charge in [-0.25, -0.2) is 4.79 Å². The van der Waals surface area contributed by atoms with E-state index in [0.717, 1.165) is 25.7 Å². The van der Waals surface area contributed by atoms with Crippen molar-refractivity contribution in [2.75, 3.05) is 6.54 Å². The number of hydrogen-bond acceptors (Lipinski definition) is 2. The van der Waals surface area contributed by atoms with Gasteiger partial charge in [0.05, 0.1) is 0 Å². The summed E-state index contributed by atoms with van der Waals surface area (Å²) in [5.41, 5.74) is 0.0187. The van der Waals surface area contributed by atoms with E-state index in [2.05, 4.69) is 31.4 Å². The van der Waals surface area contributed by atoms with Gasteiger partial charge in [0.2, 0.25) is 0 Å². The minimum Gasteiger partial charge on any atom is -0.481 e. The van der Waals surface area contributed by atoms with Gasteiger partial charge in [-0.05, 0) is 50.4 Å². The molecule has 21 heavy (non-hydrogen) atoms. The molecular weight excluding hydrogens is 268 g/mol. The van der Waals surface area contributed by atoms with Crippen LogP contribution < -0.4 is 10.6 Å². The van der Waals surface area contributed by atoms with Gasteiger partial charge in [-0.2, -0.15) is 0 Å². The molecule has 0 aromatic heterocycles. The molecule has 0 saturated heterocycles. The molecule has 1 saturated carbocycles. The lowest BCUT2D eigenvalue weighted by molar-refractivity contribution is -0.137. The molecule has 1 rings (SSSR count). The summed E-state index contributed by atoms with van der Waals surface area (Å²) in [7, 11) is 0. The molecular formula is C16H30N2O3. The van der Waals surface area contributed by atoms with Crippen molar-refractivity contribution in [1.29, 1.82) is 0 Å². The maximum absolute atomic E-state index is 11.9. The SMILES string of the molecule is CCC1(NC(=O)NCCC(CCC(=O)O)C(C)C)CCC1. The third kappa shape index (κ3) is 5.94. The number of aliphatic carboxylic acids is 1. The topological polar surface area (TPSA) is 78.4 Å². The summed E-state index contributed by atoms with van der Waals surface area (Å²) in [4.78, 5) is 22.6. The Morgan fingerprint density at radius 3 is 2.33 bits per heavy atom. The number of nitrogens with one attached hydrogen (secondary N) is 2. The zero-order valence-electron chi connectivity index (χ0n) is 13.6. The highest BCUT2D eigenvalue weighted by Crippen LogP contribution is 2.34. The van der Waals surface area contributed by atoms with Crippen molar-refractivity contribution in [1.82, 2.24) is 10.6 Å². The van der Waals surface area contributed by atoms with Crippen molar-refractivity contribution in [2.24, 2.45) is 11.8 Å². The zero-order valence-corrected chi connectivity index (χ0v) is 13.6. The molecule has 0 bridgehead atoms. The third-order valence-corrected chi connectivity index (χ3v) is 4.84. The maximum atomic E-state index is 11.9. The van der Waals surface area contributed by atoms with E-state index < -0.39 is 5.97 Å². The van der Waals surface area contributed by atoms with Crippen molar-refractivity contribution in [3.63, 3.8) is 0 Å². The fourth-order valence-electron chi connectivity index (χ4n) is 2.95. The molecule has 1 atom stereocenters. The van der Waals surface area contributed by atoms with Crippen LogP contribution in [0.1, 0.15) is 65.7 Å². The first kappa shape index (κ1) is 17.8. The molecule has 0 heterocycles. The van der Waals surface area contributed by atoms with Gasteiger partial charge in [-0.3, -0.25) is 4.79 Å². The molecule has 0 aromatic carbocycles. The molecule has 122 valence electrons. The first-order chi connectivity index (χ1) is 9.88. The molecule has 1 aliphatic rings. The Bertz CT molecular complexity index is 346. The van der Waals surface area contributed by atoms with Gasteiger partial charge in [-0.1, -0.05) is 20.8 Å².